The molecule has 0 saturated carbocycles. The van der Waals surface area contributed by atoms with Crippen LogP contribution in [-0.2, 0) is 10.0 Å². The first kappa shape index (κ1) is 18.7. The number of pyridine rings is 1. The zero-order chi connectivity index (χ0) is 18.9. The van der Waals surface area contributed by atoms with Gasteiger partial charge in [-0.05, 0) is 19.1 Å². The van der Waals surface area contributed by atoms with Gasteiger partial charge in [0, 0.05) is 62.8 Å². The van der Waals surface area contributed by atoms with Crippen molar-refractivity contribution in [3.05, 3.63) is 36.3 Å². The Labute approximate surface area is 153 Å². The molecule has 9 heteroatoms. The Hall–Kier alpha value is -2.10. The van der Waals surface area contributed by atoms with E-state index in [-0.39, 0.29) is 11.7 Å². The smallest absolute Gasteiger partial charge is 0.214 e. The molecule has 3 rings (SSSR count). The molecule has 26 heavy (non-hydrogen) atoms. The molecule has 1 aliphatic rings. The van der Waals surface area contributed by atoms with E-state index >= 15 is 0 Å². The van der Waals surface area contributed by atoms with Crippen LogP contribution in [0.1, 0.15) is 5.69 Å². The lowest BCUT2D eigenvalue weighted by molar-refractivity contribution is 0.157. The van der Waals surface area contributed by atoms with Crippen molar-refractivity contribution in [3.63, 3.8) is 0 Å². The summed E-state index contributed by atoms with van der Waals surface area (Å²) < 4.78 is 25.5. The normalized spacial score (nSPS) is 20.7. The number of hydrogen-bond donors (Lipinski definition) is 1. The molecule has 1 saturated heterocycles. The van der Waals surface area contributed by atoms with Gasteiger partial charge in [0.25, 0.3) is 0 Å². The Morgan fingerprint density at radius 3 is 2.73 bits per heavy atom. The fraction of sp³-hybridized carbons (Fsp3) is 0.471. The highest BCUT2D eigenvalue weighted by Gasteiger charge is 2.36. The summed E-state index contributed by atoms with van der Waals surface area (Å²) in [6.07, 6.45) is 2.67. The van der Waals surface area contributed by atoms with Crippen molar-refractivity contribution in [2.24, 2.45) is 5.92 Å². The molecule has 1 N–H and O–H groups in total. The third kappa shape index (κ3) is 4.00. The summed E-state index contributed by atoms with van der Waals surface area (Å²) in [6.45, 7) is 2.65. The van der Waals surface area contributed by atoms with E-state index in [1.807, 2.05) is 30.0 Å². The van der Waals surface area contributed by atoms with Gasteiger partial charge >= 0.3 is 0 Å². The summed E-state index contributed by atoms with van der Waals surface area (Å²) in [7, 11) is -0.369. The second-order valence-corrected chi connectivity index (χ2v) is 8.95. The quantitative estimate of drug-likeness (QED) is 0.811. The predicted molar refractivity (Wildman–Crippen MR) is 99.2 cm³/mol. The number of hydrogen-bond acceptors (Lipinski definition) is 7. The van der Waals surface area contributed by atoms with Crippen LogP contribution in [0.3, 0.4) is 0 Å². The van der Waals surface area contributed by atoms with Crippen molar-refractivity contribution in [1.29, 1.82) is 0 Å². The minimum absolute atomic E-state index is 0.0861. The highest BCUT2D eigenvalue weighted by atomic mass is 32.2. The molecular weight excluding hydrogens is 354 g/mol. The standard InChI is InChI=1S/C17H23N5O3S/c1-12-7-16(20-17(19-12)13-5-4-6-18-8-13)22-9-14(15(23)10-22)11-26(24,25)21(2)3/h4-8,14-15,23H,9-11H2,1-3H3/t14-,15+/m0/s1. The Kier molecular flexibility index (Phi) is 5.22. The molecule has 0 unspecified atom stereocenters. The molecule has 1 fully saturated rings. The fourth-order valence-electron chi connectivity index (χ4n) is 2.96. The average molecular weight is 377 g/mol. The second-order valence-electron chi connectivity index (χ2n) is 6.73. The third-order valence-electron chi connectivity index (χ3n) is 4.47. The molecule has 0 radical (unpaired) electrons. The van der Waals surface area contributed by atoms with Crippen LogP contribution in [0.5, 0.6) is 0 Å². The molecule has 2 aromatic rings. The number of aliphatic hydroxyl groups excluding tert-OH is 1. The van der Waals surface area contributed by atoms with E-state index in [9.17, 15) is 13.5 Å². The number of aryl methyl sites for hydroxylation is 1. The van der Waals surface area contributed by atoms with Crippen LogP contribution in [0.25, 0.3) is 11.4 Å². The van der Waals surface area contributed by atoms with Gasteiger partial charge in [-0.1, -0.05) is 0 Å². The molecule has 0 bridgehead atoms. The topological polar surface area (TPSA) is 99.5 Å². The highest BCUT2D eigenvalue weighted by molar-refractivity contribution is 7.89. The van der Waals surface area contributed by atoms with Crippen molar-refractivity contribution in [1.82, 2.24) is 19.3 Å². The number of aliphatic hydroxyl groups is 1. The Morgan fingerprint density at radius 1 is 1.31 bits per heavy atom. The van der Waals surface area contributed by atoms with Gasteiger partial charge in [-0.2, -0.15) is 0 Å². The van der Waals surface area contributed by atoms with Crippen molar-refractivity contribution in [2.45, 2.75) is 13.0 Å². The molecule has 0 aromatic carbocycles. The van der Waals surface area contributed by atoms with Crippen LogP contribution in [0.2, 0.25) is 0 Å². The second kappa shape index (κ2) is 7.26. The van der Waals surface area contributed by atoms with Gasteiger partial charge in [0.15, 0.2) is 5.82 Å². The number of anilines is 1. The number of nitrogens with zero attached hydrogens (tertiary/aromatic N) is 5. The van der Waals surface area contributed by atoms with E-state index in [1.54, 1.807) is 12.4 Å². The van der Waals surface area contributed by atoms with E-state index in [0.29, 0.717) is 24.7 Å². The van der Waals surface area contributed by atoms with E-state index < -0.39 is 16.1 Å². The van der Waals surface area contributed by atoms with E-state index in [4.69, 9.17) is 0 Å². The number of aromatic nitrogens is 3. The number of β-amino-alcohol motifs (C(OH)–C–C–N with tert-alkyl or cyclic N) is 1. The van der Waals surface area contributed by atoms with Crippen molar-refractivity contribution in [3.8, 4) is 11.4 Å². The summed E-state index contributed by atoms with van der Waals surface area (Å²) in [5.74, 6) is 0.795. The van der Waals surface area contributed by atoms with E-state index in [0.717, 1.165) is 11.3 Å². The average Bonchev–Trinajstić information content (AvgIpc) is 2.95. The lowest BCUT2D eigenvalue weighted by Gasteiger charge is -2.19. The lowest BCUT2D eigenvalue weighted by Crippen LogP contribution is -2.33. The molecule has 8 nitrogen and oxygen atoms in total. The van der Waals surface area contributed by atoms with Gasteiger partial charge in [0.05, 0.1) is 11.9 Å². The Morgan fingerprint density at radius 2 is 2.08 bits per heavy atom. The number of sulfonamides is 1. The Balaban J connectivity index is 1.83. The first-order valence-corrected chi connectivity index (χ1v) is 9.96. The maximum absolute atomic E-state index is 12.1. The van der Waals surface area contributed by atoms with Gasteiger partial charge in [-0.15, -0.1) is 0 Å². The van der Waals surface area contributed by atoms with Gasteiger partial charge in [-0.25, -0.2) is 22.7 Å². The predicted octanol–water partition coefficient (Wildman–Crippen LogP) is 0.536. The largest absolute Gasteiger partial charge is 0.391 e. The van der Waals surface area contributed by atoms with Crippen LogP contribution in [0, 0.1) is 12.8 Å². The minimum atomic E-state index is -3.37. The summed E-state index contributed by atoms with van der Waals surface area (Å²) in [5, 5.41) is 10.3. The fourth-order valence-corrected chi connectivity index (χ4v) is 4.13. The van der Waals surface area contributed by atoms with Gasteiger partial charge in [-0.3, -0.25) is 4.98 Å². The summed E-state index contributed by atoms with van der Waals surface area (Å²) >= 11 is 0. The maximum atomic E-state index is 12.1. The van der Waals surface area contributed by atoms with Crippen LogP contribution >= 0.6 is 0 Å². The van der Waals surface area contributed by atoms with E-state index in [1.165, 1.54) is 18.4 Å². The summed E-state index contributed by atoms with van der Waals surface area (Å²) in [5.41, 5.74) is 1.61. The monoisotopic (exact) mass is 377 g/mol. The molecule has 0 spiro atoms. The SMILES string of the molecule is Cc1cc(N2C[C@@H](CS(=O)(=O)N(C)C)[C@H](O)C2)nc(-c2cccnc2)n1. The van der Waals surface area contributed by atoms with Crippen LogP contribution in [0.15, 0.2) is 30.6 Å². The third-order valence-corrected chi connectivity index (χ3v) is 6.43. The van der Waals surface area contributed by atoms with Crippen LogP contribution < -0.4 is 4.90 Å². The van der Waals surface area contributed by atoms with E-state index in [2.05, 4.69) is 15.0 Å². The maximum Gasteiger partial charge on any atom is 0.214 e. The molecular formula is C17H23N5O3S. The zero-order valence-corrected chi connectivity index (χ0v) is 15.9. The zero-order valence-electron chi connectivity index (χ0n) is 15.1. The Bertz CT molecular complexity index is 873. The highest BCUT2D eigenvalue weighted by Crippen LogP contribution is 2.26. The molecule has 1 aliphatic heterocycles. The van der Waals surface area contributed by atoms with Crippen molar-refractivity contribution >= 4 is 15.8 Å². The molecule has 0 aliphatic carbocycles. The van der Waals surface area contributed by atoms with Crippen LogP contribution in [-0.4, -0.2) is 71.8 Å². The molecule has 3 heterocycles. The molecule has 2 atom stereocenters. The first-order valence-electron chi connectivity index (χ1n) is 8.35. The summed E-state index contributed by atoms with van der Waals surface area (Å²) in [4.78, 5) is 15.0. The minimum Gasteiger partial charge on any atom is -0.391 e. The van der Waals surface area contributed by atoms with Gasteiger partial charge in [0.2, 0.25) is 10.0 Å². The lowest BCUT2D eigenvalue weighted by atomic mass is 10.1. The van der Waals surface area contributed by atoms with Crippen molar-refractivity contribution < 1.29 is 13.5 Å². The number of rotatable bonds is 5. The summed E-state index contributed by atoms with van der Waals surface area (Å²) in [6, 6.07) is 5.55. The van der Waals surface area contributed by atoms with Crippen LogP contribution in [0.4, 0.5) is 5.82 Å². The first-order chi connectivity index (χ1) is 12.3. The molecule has 2 aromatic heterocycles. The van der Waals surface area contributed by atoms with Crippen molar-refractivity contribution in [2.75, 3.05) is 37.8 Å². The molecule has 140 valence electrons. The van der Waals surface area contributed by atoms with Gasteiger partial charge < -0.3 is 10.0 Å². The van der Waals surface area contributed by atoms with Gasteiger partial charge in [0.1, 0.15) is 5.82 Å². The molecule has 0 amide bonds.